The number of ether oxygens (including phenoxy) is 2. The van der Waals surface area contributed by atoms with Crippen molar-refractivity contribution in [1.29, 1.82) is 0 Å². The zero-order chi connectivity index (χ0) is 18.6. The van der Waals surface area contributed by atoms with Crippen molar-refractivity contribution in [2.75, 3.05) is 26.7 Å². The molecule has 0 radical (unpaired) electrons. The first kappa shape index (κ1) is 18.0. The maximum absolute atomic E-state index is 12.9. The zero-order valence-electron chi connectivity index (χ0n) is 15.7. The number of hydrogen-bond acceptors (Lipinski definition) is 5. The van der Waals surface area contributed by atoms with Crippen LogP contribution in [-0.2, 0) is 24.3 Å². The summed E-state index contributed by atoms with van der Waals surface area (Å²) in [7, 11) is 1.67. The van der Waals surface area contributed by atoms with E-state index in [0.717, 1.165) is 48.4 Å². The van der Waals surface area contributed by atoms with E-state index in [0.29, 0.717) is 31.9 Å². The van der Waals surface area contributed by atoms with E-state index in [1.807, 2.05) is 29.2 Å². The number of likely N-dealkylation sites (tertiary alicyclic amines) is 1. The van der Waals surface area contributed by atoms with Gasteiger partial charge in [-0.25, -0.2) is 0 Å². The number of nitrogens with zero attached hydrogens (tertiary/aromatic N) is 2. The highest BCUT2D eigenvalue weighted by molar-refractivity contribution is 5.94. The van der Waals surface area contributed by atoms with Gasteiger partial charge in [0.25, 0.3) is 5.91 Å². The van der Waals surface area contributed by atoms with Crippen molar-refractivity contribution in [3.63, 3.8) is 0 Å². The van der Waals surface area contributed by atoms with Crippen molar-refractivity contribution in [3.8, 4) is 5.75 Å². The molecule has 0 saturated carbocycles. The fraction of sp³-hybridized carbons (Fsp3) is 0.500. The van der Waals surface area contributed by atoms with Crippen LogP contribution in [0.3, 0.4) is 0 Å². The summed E-state index contributed by atoms with van der Waals surface area (Å²) < 4.78 is 11.4. The van der Waals surface area contributed by atoms with E-state index in [1.54, 1.807) is 7.11 Å². The van der Waals surface area contributed by atoms with Crippen molar-refractivity contribution in [1.82, 2.24) is 20.4 Å². The van der Waals surface area contributed by atoms with E-state index in [4.69, 9.17) is 9.47 Å². The summed E-state index contributed by atoms with van der Waals surface area (Å²) in [6.07, 6.45) is 2.74. The van der Waals surface area contributed by atoms with Crippen LogP contribution < -0.4 is 10.1 Å². The number of piperidine rings is 1. The van der Waals surface area contributed by atoms with E-state index < -0.39 is 0 Å². The van der Waals surface area contributed by atoms with E-state index in [2.05, 4.69) is 15.5 Å². The van der Waals surface area contributed by atoms with Crippen LogP contribution in [0.4, 0.5) is 0 Å². The predicted molar refractivity (Wildman–Crippen MR) is 101 cm³/mol. The number of para-hydroxylation sites is 1. The minimum Gasteiger partial charge on any atom is -0.496 e. The molecule has 0 aliphatic carbocycles. The quantitative estimate of drug-likeness (QED) is 0.840. The highest BCUT2D eigenvalue weighted by atomic mass is 16.5. The Labute approximate surface area is 159 Å². The number of carbonyl (C=O) groups excluding carboxylic acids is 1. The molecule has 1 fully saturated rings. The van der Waals surface area contributed by atoms with Gasteiger partial charge in [-0.15, -0.1) is 0 Å². The van der Waals surface area contributed by atoms with Gasteiger partial charge in [0, 0.05) is 49.4 Å². The van der Waals surface area contributed by atoms with Crippen molar-refractivity contribution in [2.45, 2.75) is 38.5 Å². The second-order valence-corrected chi connectivity index (χ2v) is 7.07. The lowest BCUT2D eigenvalue weighted by atomic mass is 10.0. The monoisotopic (exact) mass is 370 g/mol. The highest BCUT2D eigenvalue weighted by Crippen LogP contribution is 2.23. The van der Waals surface area contributed by atoms with Gasteiger partial charge in [0.05, 0.1) is 19.8 Å². The first-order valence-electron chi connectivity index (χ1n) is 9.56. The number of nitrogens with one attached hydrogen (secondary N) is 2. The summed E-state index contributed by atoms with van der Waals surface area (Å²) in [5.74, 6) is 0.876. The van der Waals surface area contributed by atoms with Crippen LogP contribution in [0.5, 0.6) is 5.75 Å². The van der Waals surface area contributed by atoms with E-state index in [9.17, 15) is 4.79 Å². The smallest absolute Gasteiger partial charge is 0.274 e. The third-order valence-corrected chi connectivity index (χ3v) is 5.41. The Morgan fingerprint density at radius 1 is 1.30 bits per heavy atom. The maximum atomic E-state index is 12.9. The Kier molecular flexibility index (Phi) is 5.40. The van der Waals surface area contributed by atoms with Gasteiger partial charge in [-0.1, -0.05) is 18.2 Å². The highest BCUT2D eigenvalue weighted by Gasteiger charge is 2.29. The summed E-state index contributed by atoms with van der Waals surface area (Å²) in [5, 5.41) is 10.6. The van der Waals surface area contributed by atoms with Crippen LogP contribution in [0.25, 0.3) is 0 Å². The molecule has 1 aromatic carbocycles. The first-order valence-corrected chi connectivity index (χ1v) is 9.56. The summed E-state index contributed by atoms with van der Waals surface area (Å²) in [6, 6.07) is 7.91. The Morgan fingerprint density at radius 3 is 2.93 bits per heavy atom. The summed E-state index contributed by atoms with van der Waals surface area (Å²) in [4.78, 5) is 14.8. The number of carbonyl (C=O) groups is 1. The molecule has 2 aromatic rings. The van der Waals surface area contributed by atoms with Gasteiger partial charge in [0.1, 0.15) is 5.75 Å². The second kappa shape index (κ2) is 8.10. The molecule has 2 aliphatic rings. The molecular formula is C20H26N4O3. The fourth-order valence-corrected chi connectivity index (χ4v) is 3.81. The van der Waals surface area contributed by atoms with Gasteiger partial charge in [-0.05, 0) is 18.9 Å². The van der Waals surface area contributed by atoms with Crippen LogP contribution >= 0.6 is 0 Å². The normalized spacial score (nSPS) is 17.6. The molecule has 144 valence electrons. The molecular weight excluding hydrogens is 344 g/mol. The van der Waals surface area contributed by atoms with Crippen molar-refractivity contribution >= 4 is 5.91 Å². The number of hydrogen-bond donors (Lipinski definition) is 2. The molecule has 1 aromatic heterocycles. The molecule has 3 heterocycles. The van der Waals surface area contributed by atoms with Crippen LogP contribution in [-0.4, -0.2) is 53.9 Å². The minimum absolute atomic E-state index is 0.0272. The number of aromatic amines is 1. The molecule has 0 bridgehead atoms. The van der Waals surface area contributed by atoms with Gasteiger partial charge in [0.2, 0.25) is 0 Å². The largest absolute Gasteiger partial charge is 0.496 e. The van der Waals surface area contributed by atoms with Gasteiger partial charge in [-0.2, -0.15) is 5.10 Å². The number of methoxy groups -OCH3 is 1. The van der Waals surface area contributed by atoms with E-state index in [1.165, 1.54) is 0 Å². The molecule has 0 spiro atoms. The van der Waals surface area contributed by atoms with Crippen LogP contribution in [0.2, 0.25) is 0 Å². The average molecular weight is 370 g/mol. The SMILES string of the molecule is COc1ccccc1COC1CCN(C(=O)c2n[nH]c3c2CNCC3)CC1. The summed E-state index contributed by atoms with van der Waals surface area (Å²) in [6.45, 7) is 3.57. The lowest BCUT2D eigenvalue weighted by Gasteiger charge is -2.32. The minimum atomic E-state index is 0.0272. The molecule has 2 N–H and O–H groups in total. The summed E-state index contributed by atoms with van der Waals surface area (Å²) in [5.41, 5.74) is 3.74. The van der Waals surface area contributed by atoms with Gasteiger partial charge >= 0.3 is 0 Å². The van der Waals surface area contributed by atoms with E-state index >= 15 is 0 Å². The lowest BCUT2D eigenvalue weighted by Crippen LogP contribution is -2.41. The number of fused-ring (bicyclic) bond motifs is 1. The Balaban J connectivity index is 1.31. The molecule has 1 amide bonds. The second-order valence-electron chi connectivity index (χ2n) is 7.07. The fourth-order valence-electron chi connectivity index (χ4n) is 3.81. The average Bonchev–Trinajstić information content (AvgIpc) is 3.16. The third kappa shape index (κ3) is 3.84. The standard InChI is InChI=1S/C20H26N4O3/c1-26-18-5-3-2-4-14(18)13-27-15-7-10-24(11-8-15)20(25)19-16-12-21-9-6-17(16)22-23-19/h2-5,15,21H,6-13H2,1H3,(H,22,23). The van der Waals surface area contributed by atoms with E-state index in [-0.39, 0.29) is 12.0 Å². The molecule has 7 nitrogen and oxygen atoms in total. The Morgan fingerprint density at radius 2 is 2.11 bits per heavy atom. The van der Waals surface area contributed by atoms with Gasteiger partial charge < -0.3 is 19.7 Å². The lowest BCUT2D eigenvalue weighted by molar-refractivity contribution is -0.00111. The number of H-pyrrole nitrogens is 1. The zero-order valence-corrected chi connectivity index (χ0v) is 15.7. The van der Waals surface area contributed by atoms with Crippen LogP contribution in [0, 0.1) is 0 Å². The number of aromatic nitrogens is 2. The Bertz CT molecular complexity index is 796. The molecule has 7 heteroatoms. The number of rotatable bonds is 5. The van der Waals surface area contributed by atoms with Crippen molar-refractivity contribution < 1.29 is 14.3 Å². The van der Waals surface area contributed by atoms with Crippen LogP contribution in [0.15, 0.2) is 24.3 Å². The maximum Gasteiger partial charge on any atom is 0.274 e. The van der Waals surface area contributed by atoms with Gasteiger partial charge in [-0.3, -0.25) is 9.89 Å². The predicted octanol–water partition coefficient (Wildman–Crippen LogP) is 1.89. The first-order chi connectivity index (χ1) is 13.3. The third-order valence-electron chi connectivity index (χ3n) is 5.41. The molecule has 2 aliphatic heterocycles. The van der Waals surface area contributed by atoms with Crippen LogP contribution in [0.1, 0.15) is 40.2 Å². The number of amides is 1. The number of benzene rings is 1. The summed E-state index contributed by atoms with van der Waals surface area (Å²) >= 11 is 0. The molecule has 27 heavy (non-hydrogen) atoms. The van der Waals surface area contributed by atoms with Crippen molar-refractivity contribution in [2.24, 2.45) is 0 Å². The van der Waals surface area contributed by atoms with Gasteiger partial charge in [0.15, 0.2) is 5.69 Å². The Hall–Kier alpha value is -2.38. The molecule has 1 saturated heterocycles. The molecule has 0 unspecified atom stereocenters. The van der Waals surface area contributed by atoms with Crippen molar-refractivity contribution in [3.05, 3.63) is 46.8 Å². The topological polar surface area (TPSA) is 79.5 Å². The molecule has 0 atom stereocenters. The molecule has 4 rings (SSSR count).